The molecule has 0 aromatic heterocycles. The fraction of sp³-hybridized carbons (Fsp3) is 0.455. The van der Waals surface area contributed by atoms with E-state index in [2.05, 4.69) is 5.32 Å². The highest BCUT2D eigenvalue weighted by molar-refractivity contribution is 5.58. The third-order valence-corrected chi connectivity index (χ3v) is 2.90. The average Bonchev–Trinajstić information content (AvgIpc) is 2.76. The van der Waals surface area contributed by atoms with Gasteiger partial charge in [0.1, 0.15) is 5.82 Å². The van der Waals surface area contributed by atoms with Gasteiger partial charge in [0, 0.05) is 38.3 Å². The van der Waals surface area contributed by atoms with E-state index in [-0.39, 0.29) is 12.6 Å². The number of hydrogen-bond acceptors (Lipinski definition) is 4. The summed E-state index contributed by atoms with van der Waals surface area (Å²) < 4.78 is 24.2. The SMILES string of the molecule is Fc1cc2c(cc1N1CCNCC1)OCO2. The highest BCUT2D eigenvalue weighted by Gasteiger charge is 2.21. The molecule has 2 aliphatic rings. The van der Waals surface area contributed by atoms with Crippen molar-refractivity contribution in [1.82, 2.24) is 5.32 Å². The second kappa shape index (κ2) is 3.83. The Bertz CT molecular complexity index is 405. The van der Waals surface area contributed by atoms with Crippen LogP contribution in [0.4, 0.5) is 10.1 Å². The van der Waals surface area contributed by atoms with Gasteiger partial charge in [-0.05, 0) is 0 Å². The number of fused-ring (bicyclic) bond motifs is 1. The number of hydrogen-bond donors (Lipinski definition) is 1. The lowest BCUT2D eigenvalue weighted by Crippen LogP contribution is -2.43. The zero-order chi connectivity index (χ0) is 11.0. The van der Waals surface area contributed by atoms with Crippen LogP contribution in [0.25, 0.3) is 0 Å². The van der Waals surface area contributed by atoms with Gasteiger partial charge in [-0.2, -0.15) is 0 Å². The van der Waals surface area contributed by atoms with Gasteiger partial charge in [0.05, 0.1) is 5.69 Å². The molecule has 0 bridgehead atoms. The van der Waals surface area contributed by atoms with Gasteiger partial charge >= 0.3 is 0 Å². The van der Waals surface area contributed by atoms with Gasteiger partial charge in [0.2, 0.25) is 6.79 Å². The predicted octanol–water partition coefficient (Wildman–Crippen LogP) is 0.964. The van der Waals surface area contributed by atoms with Crippen molar-refractivity contribution < 1.29 is 13.9 Å². The largest absolute Gasteiger partial charge is 0.454 e. The molecular weight excluding hydrogens is 211 g/mol. The molecule has 0 aliphatic carbocycles. The summed E-state index contributed by atoms with van der Waals surface area (Å²) in [5.74, 6) is 0.887. The van der Waals surface area contributed by atoms with Crippen LogP contribution >= 0.6 is 0 Å². The number of anilines is 1. The highest BCUT2D eigenvalue weighted by atomic mass is 19.1. The van der Waals surface area contributed by atoms with Crippen LogP contribution in [0.2, 0.25) is 0 Å². The lowest BCUT2D eigenvalue weighted by molar-refractivity contribution is 0.174. The molecule has 1 aromatic rings. The summed E-state index contributed by atoms with van der Waals surface area (Å²) in [6.45, 7) is 3.58. The third-order valence-electron chi connectivity index (χ3n) is 2.90. The van der Waals surface area contributed by atoms with Crippen molar-refractivity contribution in [2.45, 2.75) is 0 Å². The van der Waals surface area contributed by atoms with E-state index in [1.807, 2.05) is 4.90 Å². The van der Waals surface area contributed by atoms with E-state index in [0.29, 0.717) is 17.2 Å². The van der Waals surface area contributed by atoms with E-state index >= 15 is 0 Å². The van der Waals surface area contributed by atoms with E-state index in [9.17, 15) is 4.39 Å². The normalized spacial score (nSPS) is 18.9. The topological polar surface area (TPSA) is 33.7 Å². The number of rotatable bonds is 1. The molecule has 0 saturated carbocycles. The molecule has 0 amide bonds. The Hall–Kier alpha value is -1.49. The van der Waals surface area contributed by atoms with E-state index < -0.39 is 0 Å². The molecule has 16 heavy (non-hydrogen) atoms. The van der Waals surface area contributed by atoms with Gasteiger partial charge in [-0.3, -0.25) is 0 Å². The number of ether oxygens (including phenoxy) is 2. The van der Waals surface area contributed by atoms with Crippen LogP contribution in [0, 0.1) is 5.82 Å². The molecule has 0 unspecified atom stereocenters. The summed E-state index contributed by atoms with van der Waals surface area (Å²) in [7, 11) is 0. The van der Waals surface area contributed by atoms with Gasteiger partial charge in [-0.25, -0.2) is 4.39 Å². The summed E-state index contributed by atoms with van der Waals surface area (Å²) in [5.41, 5.74) is 0.603. The Morgan fingerprint density at radius 1 is 1.12 bits per heavy atom. The molecule has 2 aliphatic heterocycles. The van der Waals surface area contributed by atoms with Gasteiger partial charge in [0.25, 0.3) is 0 Å². The Morgan fingerprint density at radius 3 is 2.56 bits per heavy atom. The van der Waals surface area contributed by atoms with Crippen molar-refractivity contribution in [2.75, 3.05) is 37.9 Å². The maximum absolute atomic E-state index is 13.8. The van der Waals surface area contributed by atoms with Crippen molar-refractivity contribution >= 4 is 5.69 Å². The quantitative estimate of drug-likeness (QED) is 0.770. The first kappa shape index (κ1) is 9.72. The van der Waals surface area contributed by atoms with Crippen LogP contribution in [-0.2, 0) is 0 Å². The number of piperazine rings is 1. The molecular formula is C11H13FN2O2. The molecule has 0 spiro atoms. The Kier molecular flexibility index (Phi) is 2.32. The van der Waals surface area contributed by atoms with Crippen LogP contribution < -0.4 is 19.7 Å². The second-order valence-corrected chi connectivity index (χ2v) is 3.89. The smallest absolute Gasteiger partial charge is 0.231 e. The van der Waals surface area contributed by atoms with E-state index in [4.69, 9.17) is 9.47 Å². The van der Waals surface area contributed by atoms with Crippen LogP contribution in [0.5, 0.6) is 11.5 Å². The van der Waals surface area contributed by atoms with Crippen LogP contribution in [0.3, 0.4) is 0 Å². The second-order valence-electron chi connectivity index (χ2n) is 3.89. The summed E-state index contributed by atoms with van der Waals surface area (Å²) in [5, 5.41) is 3.24. The zero-order valence-electron chi connectivity index (χ0n) is 8.83. The average molecular weight is 224 g/mol. The van der Waals surface area contributed by atoms with Crippen molar-refractivity contribution in [2.24, 2.45) is 0 Å². The van der Waals surface area contributed by atoms with E-state index in [1.165, 1.54) is 6.07 Å². The van der Waals surface area contributed by atoms with Gasteiger partial charge in [-0.15, -0.1) is 0 Å². The van der Waals surface area contributed by atoms with Gasteiger partial charge in [0.15, 0.2) is 11.5 Å². The van der Waals surface area contributed by atoms with E-state index in [1.54, 1.807) is 6.07 Å². The van der Waals surface area contributed by atoms with Crippen molar-refractivity contribution in [3.05, 3.63) is 17.9 Å². The van der Waals surface area contributed by atoms with Crippen LogP contribution in [-0.4, -0.2) is 33.0 Å². The minimum Gasteiger partial charge on any atom is -0.454 e. The van der Waals surface area contributed by atoms with Gasteiger partial charge < -0.3 is 19.7 Å². The molecule has 2 heterocycles. The molecule has 5 heteroatoms. The fourth-order valence-electron chi connectivity index (χ4n) is 2.05. The minimum absolute atomic E-state index is 0.180. The molecule has 4 nitrogen and oxygen atoms in total. The first-order valence-electron chi connectivity index (χ1n) is 5.39. The summed E-state index contributed by atoms with van der Waals surface area (Å²) in [6, 6.07) is 3.13. The van der Waals surface area contributed by atoms with Crippen molar-refractivity contribution in [3.8, 4) is 11.5 Å². The predicted molar refractivity (Wildman–Crippen MR) is 57.6 cm³/mol. The number of benzene rings is 1. The van der Waals surface area contributed by atoms with Crippen LogP contribution in [0.1, 0.15) is 0 Å². The first-order chi connectivity index (χ1) is 7.84. The molecule has 86 valence electrons. The highest BCUT2D eigenvalue weighted by Crippen LogP contribution is 2.37. The lowest BCUT2D eigenvalue weighted by Gasteiger charge is -2.29. The summed E-state index contributed by atoms with van der Waals surface area (Å²) in [4.78, 5) is 2.02. The number of nitrogens with one attached hydrogen (secondary N) is 1. The summed E-state index contributed by atoms with van der Waals surface area (Å²) >= 11 is 0. The standard InChI is InChI=1S/C11H13FN2O2/c12-8-5-10-11(16-7-15-10)6-9(8)14-3-1-13-2-4-14/h5-6,13H,1-4,7H2. The van der Waals surface area contributed by atoms with Crippen molar-refractivity contribution in [3.63, 3.8) is 0 Å². The minimum atomic E-state index is -0.244. The molecule has 3 rings (SSSR count). The zero-order valence-corrected chi connectivity index (χ0v) is 8.83. The van der Waals surface area contributed by atoms with Crippen LogP contribution in [0.15, 0.2) is 12.1 Å². The maximum Gasteiger partial charge on any atom is 0.231 e. The van der Waals surface area contributed by atoms with Crippen molar-refractivity contribution in [1.29, 1.82) is 0 Å². The third kappa shape index (κ3) is 1.57. The Balaban J connectivity index is 1.94. The Morgan fingerprint density at radius 2 is 1.81 bits per heavy atom. The maximum atomic E-state index is 13.8. The number of nitrogens with zero attached hydrogens (tertiary/aromatic N) is 1. The monoisotopic (exact) mass is 224 g/mol. The lowest BCUT2D eigenvalue weighted by atomic mass is 10.2. The number of halogens is 1. The molecule has 1 N–H and O–H groups in total. The molecule has 0 atom stereocenters. The first-order valence-corrected chi connectivity index (χ1v) is 5.39. The molecule has 1 fully saturated rings. The summed E-state index contributed by atoms with van der Waals surface area (Å²) in [6.07, 6.45) is 0. The Labute approximate surface area is 92.9 Å². The van der Waals surface area contributed by atoms with E-state index in [0.717, 1.165) is 26.2 Å². The molecule has 0 radical (unpaired) electrons. The molecule has 1 aromatic carbocycles. The van der Waals surface area contributed by atoms with Gasteiger partial charge in [-0.1, -0.05) is 0 Å². The molecule has 1 saturated heterocycles. The fourth-order valence-corrected chi connectivity index (χ4v) is 2.05.